The van der Waals surface area contributed by atoms with Crippen LogP contribution in [0.5, 0.6) is 0 Å². The molecular weight excluding hydrogens is 182 g/mol. The Morgan fingerprint density at radius 1 is 1.31 bits per heavy atom. The highest BCUT2D eigenvalue weighted by atomic mass is 32.2. The molecule has 0 fully saturated rings. The second-order valence-electron chi connectivity index (χ2n) is 4.65. The van der Waals surface area contributed by atoms with Gasteiger partial charge in [0.05, 0.1) is 0 Å². The minimum absolute atomic E-state index is 0.0904. The van der Waals surface area contributed by atoms with Gasteiger partial charge < -0.3 is 5.32 Å². The van der Waals surface area contributed by atoms with Crippen molar-refractivity contribution >= 4 is 10.8 Å². The van der Waals surface area contributed by atoms with Crippen molar-refractivity contribution in [2.45, 2.75) is 57.1 Å². The van der Waals surface area contributed by atoms with Gasteiger partial charge in [0.25, 0.3) is 0 Å². The van der Waals surface area contributed by atoms with Gasteiger partial charge >= 0.3 is 0 Å². The second-order valence-corrected chi connectivity index (χ2v) is 7.27. The van der Waals surface area contributed by atoms with Gasteiger partial charge in [0, 0.05) is 26.8 Å². The van der Waals surface area contributed by atoms with E-state index < -0.39 is 10.8 Å². The van der Waals surface area contributed by atoms with Crippen LogP contribution in [0, 0.1) is 0 Å². The zero-order valence-corrected chi connectivity index (χ0v) is 10.5. The summed E-state index contributed by atoms with van der Waals surface area (Å²) in [5.41, 5.74) is 0. The molecule has 0 aliphatic heterocycles. The summed E-state index contributed by atoms with van der Waals surface area (Å²) in [6.07, 6.45) is 0.973. The van der Waals surface area contributed by atoms with E-state index in [9.17, 15) is 4.21 Å². The first-order chi connectivity index (χ1) is 5.79. The molecule has 2 nitrogen and oxygen atoms in total. The molecule has 0 saturated carbocycles. The highest BCUT2D eigenvalue weighted by molar-refractivity contribution is 7.87. The number of hydrogen-bond acceptors (Lipinski definition) is 2. The zero-order chi connectivity index (χ0) is 10.6. The Bertz CT molecular complexity index is 174. The van der Waals surface area contributed by atoms with E-state index in [1.165, 1.54) is 0 Å². The normalized spacial score (nSPS) is 19.5. The fraction of sp³-hybridized carbons (Fsp3) is 1.00. The first kappa shape index (κ1) is 13.1. The maximum absolute atomic E-state index is 11.9. The van der Waals surface area contributed by atoms with Gasteiger partial charge in [-0.1, -0.05) is 6.92 Å². The first-order valence-electron chi connectivity index (χ1n) is 4.87. The Hall–Kier alpha value is 0.110. The Morgan fingerprint density at radius 2 is 1.77 bits per heavy atom. The Morgan fingerprint density at radius 3 is 2.08 bits per heavy atom. The van der Waals surface area contributed by atoms with E-state index in [0.717, 1.165) is 6.42 Å². The summed E-state index contributed by atoms with van der Waals surface area (Å²) < 4.78 is 11.8. The topological polar surface area (TPSA) is 29.1 Å². The summed E-state index contributed by atoms with van der Waals surface area (Å²) in [5.74, 6) is 0. The molecule has 0 radical (unpaired) electrons. The molecule has 0 amide bonds. The van der Waals surface area contributed by atoms with Crippen LogP contribution in [0.3, 0.4) is 0 Å². The average Bonchev–Trinajstić information content (AvgIpc) is 2.01. The number of rotatable bonds is 4. The molecule has 0 aromatic carbocycles. The van der Waals surface area contributed by atoms with Crippen LogP contribution in [-0.2, 0) is 10.8 Å². The van der Waals surface area contributed by atoms with Gasteiger partial charge in [0.15, 0.2) is 0 Å². The van der Waals surface area contributed by atoms with Gasteiger partial charge in [-0.25, -0.2) is 0 Å². The largest absolute Gasteiger partial charge is 0.317 e. The van der Waals surface area contributed by atoms with Crippen LogP contribution in [0.25, 0.3) is 0 Å². The molecule has 1 N–H and O–H groups in total. The zero-order valence-electron chi connectivity index (χ0n) is 9.68. The summed E-state index contributed by atoms with van der Waals surface area (Å²) in [6.45, 7) is 10.3. The molecule has 0 aromatic heterocycles. The third-order valence-electron chi connectivity index (χ3n) is 2.15. The summed E-state index contributed by atoms with van der Waals surface area (Å²) in [5, 5.41) is 3.43. The van der Waals surface area contributed by atoms with E-state index >= 15 is 0 Å². The van der Waals surface area contributed by atoms with Crippen molar-refractivity contribution in [1.29, 1.82) is 0 Å². The molecule has 0 bridgehead atoms. The second kappa shape index (κ2) is 5.11. The van der Waals surface area contributed by atoms with Gasteiger partial charge in [0.1, 0.15) is 0 Å². The van der Waals surface area contributed by atoms with E-state index in [4.69, 9.17) is 0 Å². The molecule has 0 aromatic rings. The lowest BCUT2D eigenvalue weighted by Crippen LogP contribution is -2.34. The van der Waals surface area contributed by atoms with Crippen molar-refractivity contribution in [1.82, 2.24) is 5.32 Å². The molecule has 0 saturated heterocycles. The van der Waals surface area contributed by atoms with Crippen LogP contribution < -0.4 is 5.32 Å². The van der Waals surface area contributed by atoms with Crippen LogP contribution in [0.4, 0.5) is 0 Å². The molecule has 3 atom stereocenters. The van der Waals surface area contributed by atoms with E-state index in [0.29, 0.717) is 6.04 Å². The van der Waals surface area contributed by atoms with E-state index in [1.807, 2.05) is 27.8 Å². The van der Waals surface area contributed by atoms with Crippen molar-refractivity contribution in [3.05, 3.63) is 0 Å². The lowest BCUT2D eigenvalue weighted by molar-refractivity contribution is 0.547. The lowest BCUT2D eigenvalue weighted by atomic mass is 10.2. The van der Waals surface area contributed by atoms with Crippen LogP contribution in [-0.4, -0.2) is 27.3 Å². The SMILES string of the molecule is CNC(C)CC(C)S(=O)C(C)(C)C. The van der Waals surface area contributed by atoms with Gasteiger partial charge in [0.2, 0.25) is 0 Å². The Balaban J connectivity index is 4.12. The molecule has 3 heteroatoms. The summed E-state index contributed by atoms with van der Waals surface area (Å²) in [4.78, 5) is 0. The molecule has 13 heavy (non-hydrogen) atoms. The minimum atomic E-state index is -0.744. The summed E-state index contributed by atoms with van der Waals surface area (Å²) >= 11 is 0. The van der Waals surface area contributed by atoms with Gasteiger partial charge in [-0.15, -0.1) is 0 Å². The van der Waals surface area contributed by atoms with Crippen molar-refractivity contribution in [2.75, 3.05) is 7.05 Å². The third-order valence-corrected chi connectivity index (χ3v) is 4.28. The molecule has 0 aliphatic rings. The highest BCUT2D eigenvalue weighted by Gasteiger charge is 2.25. The van der Waals surface area contributed by atoms with Crippen LogP contribution in [0.2, 0.25) is 0 Å². The molecule has 0 rings (SSSR count). The number of hydrogen-bond donors (Lipinski definition) is 1. The molecule has 0 heterocycles. The van der Waals surface area contributed by atoms with Crippen LogP contribution in [0.15, 0.2) is 0 Å². The summed E-state index contributed by atoms with van der Waals surface area (Å²) in [7, 11) is 1.20. The molecule has 3 unspecified atom stereocenters. The van der Waals surface area contributed by atoms with Gasteiger partial charge in [-0.3, -0.25) is 4.21 Å². The molecule has 0 aliphatic carbocycles. The Kier molecular flexibility index (Phi) is 5.15. The molecule has 80 valence electrons. The van der Waals surface area contributed by atoms with E-state index in [1.54, 1.807) is 0 Å². The minimum Gasteiger partial charge on any atom is -0.317 e. The molecule has 0 spiro atoms. The average molecular weight is 205 g/mol. The predicted octanol–water partition coefficient (Wildman–Crippen LogP) is 1.92. The fourth-order valence-electron chi connectivity index (χ4n) is 1.31. The van der Waals surface area contributed by atoms with Crippen molar-refractivity contribution in [3.63, 3.8) is 0 Å². The smallest absolute Gasteiger partial charge is 0.0377 e. The van der Waals surface area contributed by atoms with Gasteiger partial charge in [-0.05, 0) is 41.2 Å². The fourth-order valence-corrected chi connectivity index (χ4v) is 2.98. The lowest BCUT2D eigenvalue weighted by Gasteiger charge is -2.24. The maximum Gasteiger partial charge on any atom is 0.0377 e. The van der Waals surface area contributed by atoms with Crippen LogP contribution >= 0.6 is 0 Å². The highest BCUT2D eigenvalue weighted by Crippen LogP contribution is 2.18. The van der Waals surface area contributed by atoms with E-state index in [-0.39, 0.29) is 10.00 Å². The molecular formula is C10H23NOS. The third kappa shape index (κ3) is 4.77. The number of nitrogens with one attached hydrogen (secondary N) is 1. The maximum atomic E-state index is 11.9. The van der Waals surface area contributed by atoms with Crippen molar-refractivity contribution in [3.8, 4) is 0 Å². The standard InChI is InChI=1S/C10H23NOS/c1-8(11-6)7-9(2)13(12)10(3,4)5/h8-9,11H,7H2,1-6H3. The van der Waals surface area contributed by atoms with Crippen molar-refractivity contribution in [2.24, 2.45) is 0 Å². The predicted molar refractivity (Wildman–Crippen MR) is 60.5 cm³/mol. The monoisotopic (exact) mass is 205 g/mol. The van der Waals surface area contributed by atoms with Gasteiger partial charge in [-0.2, -0.15) is 0 Å². The van der Waals surface area contributed by atoms with E-state index in [2.05, 4.69) is 19.2 Å². The van der Waals surface area contributed by atoms with Crippen molar-refractivity contribution < 1.29 is 4.21 Å². The van der Waals surface area contributed by atoms with Crippen LogP contribution in [0.1, 0.15) is 41.0 Å². The quantitative estimate of drug-likeness (QED) is 0.760. The Labute approximate surface area is 84.9 Å². The summed E-state index contributed by atoms with van der Waals surface area (Å²) in [6, 6.07) is 0.446. The first-order valence-corrected chi connectivity index (χ1v) is 6.08.